The van der Waals surface area contributed by atoms with Crippen molar-refractivity contribution in [2.45, 2.75) is 20.0 Å². The van der Waals surface area contributed by atoms with Gasteiger partial charge in [0, 0.05) is 11.8 Å². The maximum absolute atomic E-state index is 13.7. The first-order valence-corrected chi connectivity index (χ1v) is 12.7. The van der Waals surface area contributed by atoms with Crippen molar-refractivity contribution < 1.29 is 22.8 Å². The zero-order chi connectivity index (χ0) is 26.9. The largest absolute Gasteiger partial charge is 0.416 e. The van der Waals surface area contributed by atoms with E-state index in [2.05, 4.69) is 0 Å². The molecule has 6 rings (SSSR count). The lowest BCUT2D eigenvalue weighted by Crippen LogP contribution is -2.33. The lowest BCUT2D eigenvalue weighted by molar-refractivity contribution is -0.137. The quantitative estimate of drug-likeness (QED) is 0.260. The van der Waals surface area contributed by atoms with E-state index in [1.54, 1.807) is 0 Å². The third-order valence-electron chi connectivity index (χ3n) is 7.90. The monoisotopic (exact) mass is 533 g/mol. The second-order valence-corrected chi connectivity index (χ2v) is 10.6. The van der Waals surface area contributed by atoms with Crippen molar-refractivity contribution in [1.29, 1.82) is 0 Å². The van der Waals surface area contributed by atoms with Crippen LogP contribution >= 0.6 is 11.6 Å². The van der Waals surface area contributed by atoms with Crippen molar-refractivity contribution >= 4 is 34.7 Å². The molecule has 0 radical (unpaired) electrons. The number of hydrogen-bond acceptors (Lipinski definition) is 2. The maximum atomic E-state index is 13.7. The molecular formula is C31H23ClF3NO2. The van der Waals surface area contributed by atoms with Crippen LogP contribution in [-0.4, -0.2) is 11.8 Å². The number of imide groups is 1. The van der Waals surface area contributed by atoms with Crippen LogP contribution in [0.3, 0.4) is 0 Å². The first-order valence-electron chi connectivity index (χ1n) is 12.4. The van der Waals surface area contributed by atoms with Gasteiger partial charge in [-0.25, -0.2) is 4.90 Å². The smallest absolute Gasteiger partial charge is 0.274 e. The van der Waals surface area contributed by atoms with Crippen LogP contribution in [0.15, 0.2) is 84.5 Å². The van der Waals surface area contributed by atoms with Gasteiger partial charge in [0.15, 0.2) is 0 Å². The van der Waals surface area contributed by atoms with Gasteiger partial charge in [-0.3, -0.25) is 9.59 Å². The van der Waals surface area contributed by atoms with E-state index in [4.69, 9.17) is 11.6 Å². The summed E-state index contributed by atoms with van der Waals surface area (Å²) in [6.07, 6.45) is -0.702. The highest BCUT2D eigenvalue weighted by atomic mass is 35.5. The van der Waals surface area contributed by atoms with Crippen LogP contribution in [-0.2, 0) is 15.8 Å². The molecule has 0 N–H and O–H groups in total. The molecule has 0 unspecified atom stereocenters. The molecule has 3 aromatic carbocycles. The molecule has 1 heterocycles. The second-order valence-electron chi connectivity index (χ2n) is 10.2. The number of benzene rings is 3. The first kappa shape index (κ1) is 24.7. The molecule has 2 bridgehead atoms. The molecule has 3 aromatic rings. The lowest BCUT2D eigenvalue weighted by atomic mass is 9.85. The van der Waals surface area contributed by atoms with E-state index < -0.39 is 35.4 Å². The number of aryl methyl sites for hydroxylation is 2. The van der Waals surface area contributed by atoms with Crippen LogP contribution < -0.4 is 4.90 Å². The lowest BCUT2D eigenvalue weighted by Gasteiger charge is -2.23. The number of allylic oxidation sites excluding steroid dienone is 3. The summed E-state index contributed by atoms with van der Waals surface area (Å²) < 4.78 is 40.2. The van der Waals surface area contributed by atoms with E-state index in [1.807, 2.05) is 74.5 Å². The second kappa shape index (κ2) is 8.70. The van der Waals surface area contributed by atoms with Gasteiger partial charge in [0.1, 0.15) is 0 Å². The van der Waals surface area contributed by atoms with Gasteiger partial charge in [-0.2, -0.15) is 13.2 Å². The van der Waals surface area contributed by atoms with Crippen LogP contribution in [0.1, 0.15) is 27.8 Å². The molecule has 1 saturated heterocycles. The Morgan fingerprint density at radius 1 is 0.763 bits per heavy atom. The number of carbonyl (C=O) groups is 2. The Hall–Kier alpha value is -3.64. The highest BCUT2D eigenvalue weighted by Gasteiger charge is 2.62. The van der Waals surface area contributed by atoms with Gasteiger partial charge in [0.05, 0.1) is 28.1 Å². The fourth-order valence-corrected chi connectivity index (χ4v) is 6.34. The number of amides is 2. The highest BCUT2D eigenvalue weighted by Crippen LogP contribution is 2.59. The number of alkyl halides is 3. The summed E-state index contributed by atoms with van der Waals surface area (Å²) in [7, 11) is 0. The van der Waals surface area contributed by atoms with Crippen molar-refractivity contribution in [3.8, 4) is 0 Å². The predicted octanol–water partition coefficient (Wildman–Crippen LogP) is 7.40. The zero-order valence-corrected chi connectivity index (χ0v) is 21.3. The topological polar surface area (TPSA) is 37.4 Å². The van der Waals surface area contributed by atoms with Crippen LogP contribution in [0.4, 0.5) is 18.9 Å². The van der Waals surface area contributed by atoms with Crippen molar-refractivity contribution in [2.24, 2.45) is 23.7 Å². The number of rotatable bonds is 3. The third-order valence-corrected chi connectivity index (χ3v) is 8.22. The molecule has 3 nitrogen and oxygen atoms in total. The van der Waals surface area contributed by atoms with Gasteiger partial charge in [-0.05, 0) is 54.3 Å². The van der Waals surface area contributed by atoms with Gasteiger partial charge >= 0.3 is 6.18 Å². The average Bonchev–Trinajstić information content (AvgIpc) is 3.50. The van der Waals surface area contributed by atoms with Gasteiger partial charge < -0.3 is 0 Å². The molecule has 1 saturated carbocycles. The average molecular weight is 534 g/mol. The molecule has 38 heavy (non-hydrogen) atoms. The van der Waals surface area contributed by atoms with Crippen LogP contribution in [0.5, 0.6) is 0 Å². The molecule has 7 heteroatoms. The Balaban J connectivity index is 1.47. The summed E-state index contributed by atoms with van der Waals surface area (Å²) in [4.78, 5) is 28.3. The van der Waals surface area contributed by atoms with Crippen molar-refractivity contribution in [2.75, 3.05) is 4.90 Å². The van der Waals surface area contributed by atoms with E-state index >= 15 is 0 Å². The molecule has 2 fully saturated rings. The first-order chi connectivity index (χ1) is 18.1. The Kier molecular flexibility index (Phi) is 5.65. The van der Waals surface area contributed by atoms with Gasteiger partial charge in [-0.1, -0.05) is 83.4 Å². The summed E-state index contributed by atoms with van der Waals surface area (Å²) >= 11 is 6.23. The van der Waals surface area contributed by atoms with E-state index in [0.717, 1.165) is 56.5 Å². The van der Waals surface area contributed by atoms with Gasteiger partial charge in [0.25, 0.3) is 0 Å². The van der Waals surface area contributed by atoms with Crippen LogP contribution in [0, 0.1) is 37.5 Å². The predicted molar refractivity (Wildman–Crippen MR) is 140 cm³/mol. The summed E-state index contributed by atoms with van der Waals surface area (Å²) in [5.74, 6) is -3.08. The van der Waals surface area contributed by atoms with Gasteiger partial charge in [0.2, 0.25) is 11.8 Å². The molecule has 0 aromatic heterocycles. The van der Waals surface area contributed by atoms with E-state index in [9.17, 15) is 22.8 Å². The molecule has 2 aliphatic carbocycles. The number of carbonyl (C=O) groups excluding carboxylic acids is 2. The zero-order valence-electron chi connectivity index (χ0n) is 20.6. The number of halogens is 4. The number of nitrogens with zero attached hydrogens (tertiary/aromatic N) is 1. The third kappa shape index (κ3) is 3.73. The molecule has 2 amide bonds. The van der Waals surface area contributed by atoms with Crippen molar-refractivity contribution in [1.82, 2.24) is 0 Å². The summed E-state index contributed by atoms with van der Waals surface area (Å²) in [6, 6.07) is 19.0. The van der Waals surface area contributed by atoms with Crippen molar-refractivity contribution in [3.63, 3.8) is 0 Å². The van der Waals surface area contributed by atoms with E-state index in [1.165, 1.54) is 0 Å². The van der Waals surface area contributed by atoms with E-state index in [-0.39, 0.29) is 22.5 Å². The number of anilines is 1. The van der Waals surface area contributed by atoms with Gasteiger partial charge in [-0.15, -0.1) is 0 Å². The summed E-state index contributed by atoms with van der Waals surface area (Å²) in [5, 5.41) is -0.0734. The molecule has 192 valence electrons. The molecule has 4 atom stereocenters. The Morgan fingerprint density at radius 3 is 1.68 bits per heavy atom. The standard InChI is InChI=1S/C31H23ClF3NO2/c1-16-3-7-18(8-4-16)25(19-9-5-17(2)6-10-19)26-21-12-13-22(26)28-27(21)29(37)36(30(28)38)24-15-20(31(33,34)35)11-14-23(24)32/h3-15,21-22,27-28H,1-2H3/t21-,22-,27-,28+/m1/s1. The molecule has 3 aliphatic rings. The minimum absolute atomic E-state index is 0.0734. The minimum Gasteiger partial charge on any atom is -0.274 e. The number of fused-ring (bicyclic) bond motifs is 5. The fourth-order valence-electron chi connectivity index (χ4n) is 6.13. The Bertz CT molecular complexity index is 1460. The SMILES string of the molecule is Cc1ccc(C(=C2[C@H]3C=C[C@H]2[C@H]2C(=O)N(c4cc(C(F)(F)F)ccc4Cl)C(=O)[C@H]23)c2ccc(C)cc2)cc1. The Labute approximate surface area is 223 Å². The molecule has 0 spiro atoms. The minimum atomic E-state index is -4.63. The van der Waals surface area contributed by atoms with Crippen molar-refractivity contribution in [3.05, 3.63) is 117 Å². The highest BCUT2D eigenvalue weighted by molar-refractivity contribution is 6.36. The number of hydrogen-bond donors (Lipinski definition) is 0. The summed E-state index contributed by atoms with van der Waals surface area (Å²) in [6.45, 7) is 4.02. The summed E-state index contributed by atoms with van der Waals surface area (Å²) in [5.41, 5.74) is 5.03. The normalized spacial score (nSPS) is 23.9. The fraction of sp³-hybridized carbons (Fsp3) is 0.226. The van der Waals surface area contributed by atoms with E-state index in [0.29, 0.717) is 0 Å². The van der Waals surface area contributed by atoms with Crippen LogP contribution in [0.25, 0.3) is 5.57 Å². The van der Waals surface area contributed by atoms with Crippen LogP contribution in [0.2, 0.25) is 5.02 Å². The molecule has 1 aliphatic heterocycles. The molecular weight excluding hydrogens is 511 g/mol. The Morgan fingerprint density at radius 2 is 1.24 bits per heavy atom. The maximum Gasteiger partial charge on any atom is 0.416 e.